The first kappa shape index (κ1) is 11.9. The molecule has 0 aromatic carbocycles. The van der Waals surface area contributed by atoms with Crippen LogP contribution in [0, 0.1) is 0 Å². The van der Waals surface area contributed by atoms with Crippen LogP contribution in [0.25, 0.3) is 5.65 Å². The Morgan fingerprint density at radius 2 is 2.24 bits per heavy atom. The molecule has 0 unspecified atom stereocenters. The third-order valence-electron chi connectivity index (χ3n) is 2.49. The number of rotatable bonds is 5. The van der Waals surface area contributed by atoms with E-state index in [1.165, 1.54) is 10.7 Å². The third kappa shape index (κ3) is 2.56. The van der Waals surface area contributed by atoms with Crippen molar-refractivity contribution in [1.82, 2.24) is 14.6 Å². The number of nitrogens with zero attached hydrogens (tertiary/aromatic N) is 3. The molecule has 3 N–H and O–H groups in total. The Bertz CT molecular complexity index is 500. The van der Waals surface area contributed by atoms with Gasteiger partial charge in [-0.2, -0.15) is 0 Å². The monoisotopic (exact) mass is 234 g/mol. The first-order valence-electron chi connectivity index (χ1n) is 5.67. The molecule has 2 heterocycles. The van der Waals surface area contributed by atoms with Gasteiger partial charge in [0.15, 0.2) is 5.65 Å². The quantitative estimate of drug-likeness (QED) is 0.485. The highest BCUT2D eigenvalue weighted by atomic mass is 16.4. The molecule has 0 spiro atoms. The fraction of sp³-hybridized carbons (Fsp3) is 0.400. The van der Waals surface area contributed by atoms with Gasteiger partial charge in [-0.25, -0.2) is 9.50 Å². The molecule has 0 bridgehead atoms. The van der Waals surface area contributed by atoms with Gasteiger partial charge in [-0.05, 0) is 18.6 Å². The van der Waals surface area contributed by atoms with E-state index in [9.17, 15) is 0 Å². The van der Waals surface area contributed by atoms with Gasteiger partial charge >= 0.3 is 7.12 Å². The number of unbranched alkanes of at least 4 members (excludes halogenated alkanes) is 1. The third-order valence-corrected chi connectivity index (χ3v) is 2.49. The topological polar surface area (TPSA) is 82.7 Å². The van der Waals surface area contributed by atoms with Gasteiger partial charge in [-0.15, -0.1) is 5.10 Å². The normalized spacial score (nSPS) is 10.8. The molecule has 0 aliphatic carbocycles. The SMILES string of the molecule is CCCCNc1ccc2ncc(B(O)O)n2n1. The average molecular weight is 234 g/mol. The Labute approximate surface area is 99.4 Å². The molecule has 0 aliphatic heterocycles. The van der Waals surface area contributed by atoms with Crippen molar-refractivity contribution < 1.29 is 10.0 Å². The molecular weight excluding hydrogens is 219 g/mol. The standard InChI is InChI=1S/C10H15BN4O2/c1-2-3-6-12-9-4-5-10-13-7-8(11(16)17)15(10)14-9/h4-5,7,16-17H,2-3,6H2,1H3,(H,12,14). The molecule has 2 aromatic rings. The van der Waals surface area contributed by atoms with Crippen LogP contribution < -0.4 is 10.9 Å². The highest BCUT2D eigenvalue weighted by Gasteiger charge is 2.17. The molecule has 0 amide bonds. The highest BCUT2D eigenvalue weighted by molar-refractivity contribution is 6.57. The van der Waals surface area contributed by atoms with Gasteiger partial charge in [-0.3, -0.25) is 0 Å². The van der Waals surface area contributed by atoms with Gasteiger partial charge in [0, 0.05) is 12.7 Å². The number of imidazole rings is 1. The number of nitrogens with one attached hydrogen (secondary N) is 1. The molecular formula is C10H15BN4O2. The minimum atomic E-state index is -1.57. The summed E-state index contributed by atoms with van der Waals surface area (Å²) in [4.78, 5) is 4.03. The predicted octanol–water partition coefficient (Wildman–Crippen LogP) is -0.379. The number of hydrogen-bond acceptors (Lipinski definition) is 5. The lowest BCUT2D eigenvalue weighted by molar-refractivity contribution is 0.423. The zero-order valence-corrected chi connectivity index (χ0v) is 9.67. The van der Waals surface area contributed by atoms with Crippen LogP contribution in [0.3, 0.4) is 0 Å². The summed E-state index contributed by atoms with van der Waals surface area (Å²) in [7, 11) is -1.57. The largest absolute Gasteiger partial charge is 0.509 e. The second-order valence-corrected chi connectivity index (χ2v) is 3.83. The minimum Gasteiger partial charge on any atom is -0.422 e. The lowest BCUT2D eigenvalue weighted by atomic mass is 9.87. The Hall–Kier alpha value is -1.60. The van der Waals surface area contributed by atoms with E-state index >= 15 is 0 Å². The summed E-state index contributed by atoms with van der Waals surface area (Å²) in [5.41, 5.74) is 0.855. The molecule has 17 heavy (non-hydrogen) atoms. The first-order valence-corrected chi connectivity index (χ1v) is 5.67. The lowest BCUT2D eigenvalue weighted by Gasteiger charge is -2.05. The summed E-state index contributed by atoms with van der Waals surface area (Å²) in [6.45, 7) is 2.97. The highest BCUT2D eigenvalue weighted by Crippen LogP contribution is 2.04. The Balaban J connectivity index is 2.25. The van der Waals surface area contributed by atoms with Crippen molar-refractivity contribution >= 4 is 24.2 Å². The van der Waals surface area contributed by atoms with E-state index in [0.29, 0.717) is 11.5 Å². The van der Waals surface area contributed by atoms with Gasteiger partial charge in [0.05, 0.1) is 5.59 Å². The van der Waals surface area contributed by atoms with E-state index in [4.69, 9.17) is 10.0 Å². The van der Waals surface area contributed by atoms with Crippen molar-refractivity contribution in [3.8, 4) is 0 Å². The predicted molar refractivity (Wildman–Crippen MR) is 66.2 cm³/mol. The van der Waals surface area contributed by atoms with E-state index < -0.39 is 7.12 Å². The zero-order valence-electron chi connectivity index (χ0n) is 9.67. The summed E-state index contributed by atoms with van der Waals surface area (Å²) in [6.07, 6.45) is 3.59. The smallest absolute Gasteiger partial charge is 0.422 e. The second kappa shape index (κ2) is 5.16. The van der Waals surface area contributed by atoms with Crippen molar-refractivity contribution in [1.29, 1.82) is 0 Å². The molecule has 0 radical (unpaired) electrons. The van der Waals surface area contributed by atoms with Gasteiger partial charge in [-0.1, -0.05) is 13.3 Å². The van der Waals surface area contributed by atoms with E-state index in [1.54, 1.807) is 6.07 Å². The molecule has 0 fully saturated rings. The van der Waals surface area contributed by atoms with Gasteiger partial charge in [0.1, 0.15) is 5.82 Å². The number of hydrogen-bond donors (Lipinski definition) is 3. The molecule has 0 aliphatic rings. The number of anilines is 1. The second-order valence-electron chi connectivity index (χ2n) is 3.83. The molecule has 90 valence electrons. The number of aromatic nitrogens is 3. The zero-order chi connectivity index (χ0) is 12.3. The summed E-state index contributed by atoms with van der Waals surface area (Å²) >= 11 is 0. The van der Waals surface area contributed by atoms with Crippen LogP contribution in [0.2, 0.25) is 0 Å². The van der Waals surface area contributed by atoms with Crippen LogP contribution in [0.4, 0.5) is 5.82 Å². The van der Waals surface area contributed by atoms with Gasteiger partial charge in [0.25, 0.3) is 0 Å². The summed E-state index contributed by atoms with van der Waals surface area (Å²) in [6, 6.07) is 3.61. The van der Waals surface area contributed by atoms with Crippen LogP contribution in [0.5, 0.6) is 0 Å². The van der Waals surface area contributed by atoms with Crippen molar-refractivity contribution in [3.63, 3.8) is 0 Å². The van der Waals surface area contributed by atoms with E-state index in [-0.39, 0.29) is 5.59 Å². The van der Waals surface area contributed by atoms with Crippen LogP contribution in [-0.2, 0) is 0 Å². The summed E-state index contributed by atoms with van der Waals surface area (Å²) in [5.74, 6) is 0.700. The van der Waals surface area contributed by atoms with Crippen molar-refractivity contribution in [2.24, 2.45) is 0 Å². The van der Waals surface area contributed by atoms with Crippen molar-refractivity contribution in [2.75, 3.05) is 11.9 Å². The van der Waals surface area contributed by atoms with Crippen molar-refractivity contribution in [2.45, 2.75) is 19.8 Å². The molecule has 0 saturated heterocycles. The number of fused-ring (bicyclic) bond motifs is 1. The van der Waals surface area contributed by atoms with Crippen molar-refractivity contribution in [3.05, 3.63) is 18.3 Å². The first-order chi connectivity index (χ1) is 8.22. The van der Waals surface area contributed by atoms with Crippen LogP contribution in [0.15, 0.2) is 18.3 Å². The maximum Gasteiger partial charge on any atom is 0.509 e. The molecule has 2 aromatic heterocycles. The molecule has 0 saturated carbocycles. The Morgan fingerprint density at radius 3 is 2.94 bits per heavy atom. The molecule has 2 rings (SSSR count). The van der Waals surface area contributed by atoms with Gasteiger partial charge in [0.2, 0.25) is 0 Å². The Kier molecular flexibility index (Phi) is 3.60. The Morgan fingerprint density at radius 1 is 1.41 bits per heavy atom. The molecule has 7 heteroatoms. The van der Waals surface area contributed by atoms with E-state index in [0.717, 1.165) is 19.4 Å². The molecule has 0 atom stereocenters. The maximum absolute atomic E-state index is 9.15. The van der Waals surface area contributed by atoms with Crippen LogP contribution >= 0.6 is 0 Å². The van der Waals surface area contributed by atoms with E-state index in [2.05, 4.69) is 22.3 Å². The van der Waals surface area contributed by atoms with E-state index in [1.807, 2.05) is 6.07 Å². The average Bonchev–Trinajstić information content (AvgIpc) is 2.72. The van der Waals surface area contributed by atoms with Gasteiger partial charge < -0.3 is 15.4 Å². The van der Waals surface area contributed by atoms with Crippen LogP contribution in [0.1, 0.15) is 19.8 Å². The van der Waals surface area contributed by atoms with Crippen LogP contribution in [-0.4, -0.2) is 38.3 Å². The lowest BCUT2D eigenvalue weighted by Crippen LogP contribution is -2.34. The summed E-state index contributed by atoms with van der Waals surface area (Å²) in [5, 5.41) is 25.7. The minimum absolute atomic E-state index is 0.263. The maximum atomic E-state index is 9.15. The summed E-state index contributed by atoms with van der Waals surface area (Å²) < 4.78 is 1.43. The fourth-order valence-electron chi connectivity index (χ4n) is 1.55. The molecule has 6 nitrogen and oxygen atoms in total. The fourth-order valence-corrected chi connectivity index (χ4v) is 1.55.